The van der Waals surface area contributed by atoms with E-state index in [0.717, 1.165) is 5.56 Å². The molecule has 2 aromatic carbocycles. The van der Waals surface area contributed by atoms with Gasteiger partial charge < -0.3 is 10.5 Å². The van der Waals surface area contributed by atoms with Crippen LogP contribution in [0.5, 0.6) is 0 Å². The number of nitrogens with zero attached hydrogens (tertiary/aromatic N) is 3. The Balaban J connectivity index is 1.79. The van der Waals surface area contributed by atoms with Gasteiger partial charge in [0.05, 0.1) is 35.3 Å². The Morgan fingerprint density at radius 3 is 2.45 bits per heavy atom. The number of benzene rings is 2. The molecule has 0 saturated carbocycles. The van der Waals surface area contributed by atoms with E-state index in [-0.39, 0.29) is 17.3 Å². The molecule has 2 heterocycles. The Morgan fingerprint density at radius 2 is 1.76 bits per heavy atom. The molecular weight excluding hydrogens is 413 g/mol. The topological polar surface area (TPSA) is 85.4 Å². The number of halogens is 2. The standard InChI is InChI=1S/C20H19Cl2N5O2/c21-14-7-5-13(6-8-14)19-17(23)18(20(28)25-26-9-11-29-12-10-26)24-27(19)16-4-2-1-3-15(16)22/h1-8H,9-12,23H2,(H,25,28). The number of hydrazine groups is 1. The monoisotopic (exact) mass is 431 g/mol. The van der Waals surface area contributed by atoms with Crippen LogP contribution >= 0.6 is 23.2 Å². The third-order valence-electron chi connectivity index (χ3n) is 4.61. The summed E-state index contributed by atoms with van der Waals surface area (Å²) in [5, 5.41) is 7.39. The maximum Gasteiger partial charge on any atom is 0.288 e. The zero-order valence-electron chi connectivity index (χ0n) is 15.4. The van der Waals surface area contributed by atoms with Crippen LogP contribution in [0.25, 0.3) is 16.9 Å². The van der Waals surface area contributed by atoms with Crippen LogP contribution in [-0.4, -0.2) is 47.0 Å². The average molecular weight is 432 g/mol. The molecular formula is C20H19Cl2N5O2. The van der Waals surface area contributed by atoms with Gasteiger partial charge in [-0.15, -0.1) is 0 Å². The number of carbonyl (C=O) groups excluding carboxylic acids is 1. The molecule has 0 radical (unpaired) electrons. The number of anilines is 1. The number of aromatic nitrogens is 2. The second-order valence-corrected chi connectivity index (χ2v) is 7.36. The summed E-state index contributed by atoms with van der Waals surface area (Å²) in [7, 11) is 0. The summed E-state index contributed by atoms with van der Waals surface area (Å²) < 4.78 is 6.90. The molecule has 3 aromatic rings. The molecule has 1 aromatic heterocycles. The number of rotatable bonds is 4. The van der Waals surface area contributed by atoms with E-state index in [1.54, 1.807) is 27.9 Å². The minimum absolute atomic E-state index is 0.126. The lowest BCUT2D eigenvalue weighted by molar-refractivity contribution is 0.0125. The normalized spacial score (nSPS) is 14.7. The molecule has 0 atom stereocenters. The van der Waals surface area contributed by atoms with E-state index in [1.807, 2.05) is 30.3 Å². The summed E-state index contributed by atoms with van der Waals surface area (Å²) in [5.41, 5.74) is 11.6. The van der Waals surface area contributed by atoms with Gasteiger partial charge in [0.1, 0.15) is 0 Å². The van der Waals surface area contributed by atoms with Gasteiger partial charge in [0.25, 0.3) is 5.91 Å². The molecule has 3 N–H and O–H groups in total. The zero-order valence-corrected chi connectivity index (χ0v) is 17.0. The predicted octanol–water partition coefficient (Wildman–Crippen LogP) is 3.41. The van der Waals surface area contributed by atoms with Gasteiger partial charge in [0.2, 0.25) is 0 Å². The molecule has 0 bridgehead atoms. The number of para-hydroxylation sites is 1. The second-order valence-electron chi connectivity index (χ2n) is 6.52. The fourth-order valence-corrected chi connectivity index (χ4v) is 3.49. The Kier molecular flexibility index (Phi) is 5.73. The van der Waals surface area contributed by atoms with Crippen LogP contribution in [0.15, 0.2) is 48.5 Å². The first-order chi connectivity index (χ1) is 14.0. The molecule has 0 unspecified atom stereocenters. The Hall–Kier alpha value is -2.58. The maximum absolute atomic E-state index is 12.9. The molecule has 9 heteroatoms. The van der Waals surface area contributed by atoms with E-state index < -0.39 is 0 Å². The first-order valence-corrected chi connectivity index (χ1v) is 9.83. The summed E-state index contributed by atoms with van der Waals surface area (Å²) in [6.07, 6.45) is 0. The fourth-order valence-electron chi connectivity index (χ4n) is 3.15. The number of nitrogens with one attached hydrogen (secondary N) is 1. The van der Waals surface area contributed by atoms with Crippen molar-refractivity contribution in [3.05, 3.63) is 64.3 Å². The Bertz CT molecular complexity index is 1030. The maximum atomic E-state index is 12.9. The highest BCUT2D eigenvalue weighted by Gasteiger charge is 2.25. The molecule has 1 aliphatic rings. The van der Waals surface area contributed by atoms with Crippen molar-refractivity contribution in [2.24, 2.45) is 0 Å². The molecule has 0 aliphatic carbocycles. The molecule has 1 saturated heterocycles. The summed E-state index contributed by atoms with van der Waals surface area (Å²) in [6, 6.07) is 14.4. The van der Waals surface area contributed by atoms with Crippen molar-refractivity contribution in [1.82, 2.24) is 20.2 Å². The smallest absolute Gasteiger partial charge is 0.288 e. The van der Waals surface area contributed by atoms with E-state index in [2.05, 4.69) is 10.5 Å². The minimum atomic E-state index is -0.384. The van der Waals surface area contributed by atoms with Crippen molar-refractivity contribution >= 4 is 34.8 Å². The lowest BCUT2D eigenvalue weighted by Crippen LogP contribution is -2.48. The van der Waals surface area contributed by atoms with Crippen molar-refractivity contribution in [3.8, 4) is 16.9 Å². The molecule has 7 nitrogen and oxygen atoms in total. The molecule has 4 rings (SSSR count). The number of hydrogen-bond acceptors (Lipinski definition) is 5. The van der Waals surface area contributed by atoms with Crippen molar-refractivity contribution in [2.45, 2.75) is 0 Å². The van der Waals surface area contributed by atoms with E-state index in [4.69, 9.17) is 33.7 Å². The van der Waals surface area contributed by atoms with Crippen LogP contribution in [-0.2, 0) is 4.74 Å². The minimum Gasteiger partial charge on any atom is -0.395 e. The predicted molar refractivity (Wildman–Crippen MR) is 113 cm³/mol. The van der Waals surface area contributed by atoms with Crippen LogP contribution in [0, 0.1) is 0 Å². The van der Waals surface area contributed by atoms with E-state index >= 15 is 0 Å². The van der Waals surface area contributed by atoms with Crippen LogP contribution in [0.4, 0.5) is 5.69 Å². The average Bonchev–Trinajstić information content (AvgIpc) is 3.07. The van der Waals surface area contributed by atoms with Gasteiger partial charge in [-0.05, 0) is 24.3 Å². The molecule has 1 aliphatic heterocycles. The first kappa shape index (κ1) is 19.7. The van der Waals surface area contributed by atoms with Crippen molar-refractivity contribution in [2.75, 3.05) is 32.0 Å². The largest absolute Gasteiger partial charge is 0.395 e. The first-order valence-electron chi connectivity index (χ1n) is 9.07. The van der Waals surface area contributed by atoms with Gasteiger partial charge in [-0.2, -0.15) is 5.10 Å². The van der Waals surface area contributed by atoms with Crippen molar-refractivity contribution < 1.29 is 9.53 Å². The number of carbonyl (C=O) groups is 1. The molecule has 29 heavy (non-hydrogen) atoms. The van der Waals surface area contributed by atoms with Gasteiger partial charge in [-0.3, -0.25) is 10.2 Å². The molecule has 150 valence electrons. The number of ether oxygens (including phenoxy) is 1. The molecule has 1 fully saturated rings. The Morgan fingerprint density at radius 1 is 1.07 bits per heavy atom. The van der Waals surface area contributed by atoms with E-state index in [9.17, 15) is 4.79 Å². The molecule has 1 amide bonds. The third-order valence-corrected chi connectivity index (χ3v) is 5.18. The summed E-state index contributed by atoms with van der Waals surface area (Å²) >= 11 is 12.4. The SMILES string of the molecule is Nc1c(C(=O)NN2CCOCC2)nn(-c2ccccc2Cl)c1-c1ccc(Cl)cc1. The van der Waals surface area contributed by atoms with Crippen LogP contribution in [0.3, 0.4) is 0 Å². The lowest BCUT2D eigenvalue weighted by atomic mass is 10.1. The van der Waals surface area contributed by atoms with E-state index in [1.165, 1.54) is 0 Å². The quantitative estimate of drug-likeness (QED) is 0.660. The van der Waals surface area contributed by atoms with Gasteiger partial charge in [-0.1, -0.05) is 47.5 Å². The number of hydrogen-bond donors (Lipinski definition) is 2. The number of morpholine rings is 1. The van der Waals surface area contributed by atoms with Crippen LogP contribution < -0.4 is 11.2 Å². The summed E-state index contributed by atoms with van der Waals surface area (Å²) in [5.74, 6) is -0.384. The van der Waals surface area contributed by atoms with Crippen molar-refractivity contribution in [1.29, 1.82) is 0 Å². The summed E-state index contributed by atoms with van der Waals surface area (Å²) in [6.45, 7) is 2.31. The van der Waals surface area contributed by atoms with Gasteiger partial charge in [0.15, 0.2) is 5.69 Å². The zero-order chi connectivity index (χ0) is 20.4. The van der Waals surface area contributed by atoms with Gasteiger partial charge in [-0.25, -0.2) is 9.69 Å². The van der Waals surface area contributed by atoms with Gasteiger partial charge >= 0.3 is 0 Å². The number of nitrogen functional groups attached to an aromatic ring is 1. The van der Waals surface area contributed by atoms with Crippen LogP contribution in [0.1, 0.15) is 10.5 Å². The highest BCUT2D eigenvalue weighted by molar-refractivity contribution is 6.32. The third kappa shape index (κ3) is 4.09. The van der Waals surface area contributed by atoms with Crippen LogP contribution in [0.2, 0.25) is 10.0 Å². The summed E-state index contributed by atoms with van der Waals surface area (Å²) in [4.78, 5) is 12.9. The second kappa shape index (κ2) is 8.42. The highest BCUT2D eigenvalue weighted by Crippen LogP contribution is 2.34. The van der Waals surface area contributed by atoms with E-state index in [0.29, 0.717) is 47.7 Å². The highest BCUT2D eigenvalue weighted by atomic mass is 35.5. The number of amides is 1. The fraction of sp³-hybridized carbons (Fsp3) is 0.200. The Labute approximate surface area is 177 Å². The number of nitrogens with two attached hydrogens (primary N) is 1. The van der Waals surface area contributed by atoms with Gasteiger partial charge in [0, 0.05) is 23.7 Å². The molecule has 0 spiro atoms. The van der Waals surface area contributed by atoms with Crippen molar-refractivity contribution in [3.63, 3.8) is 0 Å². The lowest BCUT2D eigenvalue weighted by Gasteiger charge is -2.26.